The molecule has 118 valence electrons. The highest BCUT2D eigenvalue weighted by atomic mass is 16.5. The number of nitrogens with zero attached hydrogens (tertiary/aromatic N) is 1. The zero-order chi connectivity index (χ0) is 16.7. The molecule has 0 saturated heterocycles. The van der Waals surface area contributed by atoms with Gasteiger partial charge in [-0.15, -0.1) is 0 Å². The number of benzene rings is 2. The summed E-state index contributed by atoms with van der Waals surface area (Å²) < 4.78 is 5.15. The Kier molecular flexibility index (Phi) is 3.20. The number of fused-ring (bicyclic) bond motifs is 1. The summed E-state index contributed by atoms with van der Waals surface area (Å²) in [5.74, 6) is 0.308. The topological polar surface area (TPSA) is 74.7 Å². The molecule has 1 amide bonds. The largest absolute Gasteiger partial charge is 0.497 e. The molecule has 0 bridgehead atoms. The summed E-state index contributed by atoms with van der Waals surface area (Å²) in [6.45, 7) is 0. The third-order valence-electron chi connectivity index (χ3n) is 4.07. The minimum absolute atomic E-state index is 0.0516. The average Bonchev–Trinajstić information content (AvgIpc) is 3.15. The first-order valence-corrected chi connectivity index (χ1v) is 7.47. The Morgan fingerprint density at radius 1 is 0.958 bits per heavy atom. The molecule has 0 unspecified atom stereocenters. The Balaban J connectivity index is 1.85. The van der Waals surface area contributed by atoms with Crippen LogP contribution in [0.25, 0.3) is 11.3 Å². The molecule has 1 aliphatic heterocycles. The number of ether oxygens (including phenoxy) is 1. The van der Waals surface area contributed by atoms with Gasteiger partial charge in [0.2, 0.25) is 0 Å². The summed E-state index contributed by atoms with van der Waals surface area (Å²) in [6, 6.07) is 16.6. The fourth-order valence-electron chi connectivity index (χ4n) is 2.92. The van der Waals surface area contributed by atoms with Gasteiger partial charge in [-0.05, 0) is 29.8 Å². The predicted octanol–water partition coefficient (Wildman–Crippen LogP) is 3.39. The summed E-state index contributed by atoms with van der Waals surface area (Å²) >= 11 is 0. The summed E-state index contributed by atoms with van der Waals surface area (Å²) in [6.07, 6.45) is 0. The van der Waals surface area contributed by atoms with Crippen molar-refractivity contribution in [3.8, 4) is 22.9 Å². The predicted molar refractivity (Wildman–Crippen MR) is 90.9 cm³/mol. The molecule has 0 radical (unpaired) electrons. The first-order valence-electron chi connectivity index (χ1n) is 7.47. The molecule has 2 N–H and O–H groups in total. The number of H-pyrrole nitrogens is 1. The summed E-state index contributed by atoms with van der Waals surface area (Å²) in [5.41, 5.74) is 3.48. The lowest BCUT2D eigenvalue weighted by Gasteiger charge is -2.03. The summed E-state index contributed by atoms with van der Waals surface area (Å²) in [7, 11) is 1.59. The van der Waals surface area contributed by atoms with Gasteiger partial charge in [-0.2, -0.15) is 0 Å². The molecule has 2 heterocycles. The maximum atomic E-state index is 12.4. The highest BCUT2D eigenvalue weighted by molar-refractivity contribution is 6.30. The molecule has 0 spiro atoms. The number of aromatic nitrogens is 1. The highest BCUT2D eigenvalue weighted by Gasteiger charge is 2.33. The molecule has 5 nitrogen and oxygen atoms in total. The molecule has 0 aliphatic carbocycles. The lowest BCUT2D eigenvalue weighted by Crippen LogP contribution is -1.99. The first kappa shape index (κ1) is 14.3. The van der Waals surface area contributed by atoms with E-state index in [0.717, 1.165) is 11.1 Å². The highest BCUT2D eigenvalue weighted by Crippen LogP contribution is 2.37. The van der Waals surface area contributed by atoms with Crippen molar-refractivity contribution in [2.75, 3.05) is 7.11 Å². The van der Waals surface area contributed by atoms with Gasteiger partial charge < -0.3 is 14.8 Å². The molecular formula is C19H14N2O3. The number of aromatic amines is 1. The van der Waals surface area contributed by atoms with Crippen molar-refractivity contribution in [3.63, 3.8) is 0 Å². The van der Waals surface area contributed by atoms with E-state index in [2.05, 4.69) is 9.98 Å². The molecule has 5 heteroatoms. The van der Waals surface area contributed by atoms with Crippen LogP contribution in [0.15, 0.2) is 59.6 Å². The molecule has 0 saturated carbocycles. The zero-order valence-electron chi connectivity index (χ0n) is 12.9. The average molecular weight is 318 g/mol. The third-order valence-corrected chi connectivity index (χ3v) is 4.07. The smallest absolute Gasteiger partial charge is 0.280 e. The van der Waals surface area contributed by atoms with Gasteiger partial charge in [0.15, 0.2) is 5.88 Å². The minimum Gasteiger partial charge on any atom is -0.497 e. The maximum absolute atomic E-state index is 12.4. The van der Waals surface area contributed by atoms with Crippen LogP contribution in [0.2, 0.25) is 0 Å². The van der Waals surface area contributed by atoms with Crippen molar-refractivity contribution in [2.45, 2.75) is 0 Å². The number of hydrogen-bond acceptors (Lipinski definition) is 3. The van der Waals surface area contributed by atoms with Crippen LogP contribution in [0.5, 0.6) is 11.6 Å². The van der Waals surface area contributed by atoms with E-state index in [1.165, 1.54) is 0 Å². The molecule has 2 aromatic carbocycles. The number of aliphatic imine (C=N–C) groups is 1. The second-order valence-electron chi connectivity index (χ2n) is 5.46. The number of nitrogens with one attached hydrogen (secondary N) is 1. The van der Waals surface area contributed by atoms with Gasteiger partial charge in [-0.25, -0.2) is 4.99 Å². The fourth-order valence-corrected chi connectivity index (χ4v) is 2.92. The fraction of sp³-hybridized carbons (Fsp3) is 0.0526. The number of carbonyl (C=O) groups is 1. The van der Waals surface area contributed by atoms with Gasteiger partial charge in [0.25, 0.3) is 5.91 Å². The van der Waals surface area contributed by atoms with Gasteiger partial charge in [-0.1, -0.05) is 30.3 Å². The van der Waals surface area contributed by atoms with Gasteiger partial charge in [0.1, 0.15) is 5.75 Å². The monoisotopic (exact) mass is 318 g/mol. The summed E-state index contributed by atoms with van der Waals surface area (Å²) in [5, 5.41) is 10.4. The van der Waals surface area contributed by atoms with E-state index in [1.54, 1.807) is 19.2 Å². The molecule has 4 rings (SSSR count). The van der Waals surface area contributed by atoms with Gasteiger partial charge >= 0.3 is 0 Å². The van der Waals surface area contributed by atoms with Crippen LogP contribution < -0.4 is 4.74 Å². The first-order chi connectivity index (χ1) is 11.7. The van der Waals surface area contributed by atoms with Crippen molar-refractivity contribution in [3.05, 3.63) is 71.3 Å². The van der Waals surface area contributed by atoms with Crippen LogP contribution in [0.1, 0.15) is 21.5 Å². The Labute approximate surface area is 138 Å². The van der Waals surface area contributed by atoms with E-state index in [1.807, 2.05) is 42.5 Å². The van der Waals surface area contributed by atoms with Crippen LogP contribution in [-0.4, -0.2) is 28.8 Å². The normalized spacial score (nSPS) is 12.9. The number of amides is 1. The number of aromatic hydroxyl groups is 1. The van der Waals surface area contributed by atoms with E-state index in [-0.39, 0.29) is 11.8 Å². The van der Waals surface area contributed by atoms with Crippen LogP contribution >= 0.6 is 0 Å². The molecule has 24 heavy (non-hydrogen) atoms. The van der Waals surface area contributed by atoms with E-state index in [4.69, 9.17) is 4.74 Å². The van der Waals surface area contributed by atoms with Crippen molar-refractivity contribution in [2.24, 2.45) is 4.99 Å². The molecule has 0 atom stereocenters. The van der Waals surface area contributed by atoms with E-state index >= 15 is 0 Å². The van der Waals surface area contributed by atoms with Crippen LogP contribution in [0, 0.1) is 0 Å². The second-order valence-corrected chi connectivity index (χ2v) is 5.46. The molecular weight excluding hydrogens is 304 g/mol. The van der Waals surface area contributed by atoms with Crippen LogP contribution in [0.4, 0.5) is 0 Å². The van der Waals surface area contributed by atoms with Crippen molar-refractivity contribution in [1.29, 1.82) is 0 Å². The zero-order valence-corrected chi connectivity index (χ0v) is 12.9. The standard InChI is InChI=1S/C19H14N2O3/c1-24-13-9-7-12(8-10-13)17-15-14(18(22)21-17)16(20-19(15)23)11-5-3-2-4-6-11/h2-10,20,23H,1H3. The molecule has 1 aliphatic rings. The molecule has 3 aromatic rings. The maximum Gasteiger partial charge on any atom is 0.280 e. The van der Waals surface area contributed by atoms with Crippen LogP contribution in [0.3, 0.4) is 0 Å². The summed E-state index contributed by atoms with van der Waals surface area (Å²) in [4.78, 5) is 19.5. The lowest BCUT2D eigenvalue weighted by atomic mass is 10.0. The minimum atomic E-state index is -0.355. The van der Waals surface area contributed by atoms with Gasteiger partial charge in [0.05, 0.1) is 29.6 Å². The van der Waals surface area contributed by atoms with Crippen molar-refractivity contribution < 1.29 is 14.6 Å². The second kappa shape index (κ2) is 5.38. The Hall–Kier alpha value is -3.34. The Bertz CT molecular complexity index is 954. The van der Waals surface area contributed by atoms with Crippen molar-refractivity contribution >= 4 is 11.6 Å². The Morgan fingerprint density at radius 2 is 1.67 bits per heavy atom. The number of rotatable bonds is 3. The lowest BCUT2D eigenvalue weighted by molar-refractivity contribution is 0.101. The SMILES string of the molecule is COc1ccc(C2=NC(=O)c3c(-c4ccccc4)[nH]c(O)c32)cc1. The molecule has 1 aromatic heterocycles. The number of carbonyl (C=O) groups excluding carboxylic acids is 1. The van der Waals surface area contributed by atoms with E-state index in [9.17, 15) is 9.90 Å². The van der Waals surface area contributed by atoms with E-state index in [0.29, 0.717) is 28.3 Å². The van der Waals surface area contributed by atoms with Gasteiger partial charge in [-0.3, -0.25) is 4.79 Å². The number of methoxy groups -OCH3 is 1. The van der Waals surface area contributed by atoms with Crippen molar-refractivity contribution in [1.82, 2.24) is 4.98 Å². The van der Waals surface area contributed by atoms with Crippen LogP contribution in [-0.2, 0) is 0 Å². The molecule has 0 fully saturated rings. The number of hydrogen-bond donors (Lipinski definition) is 2. The quantitative estimate of drug-likeness (QED) is 0.777. The Morgan fingerprint density at radius 3 is 2.33 bits per heavy atom. The van der Waals surface area contributed by atoms with E-state index < -0.39 is 0 Å². The third kappa shape index (κ3) is 2.10. The van der Waals surface area contributed by atoms with Gasteiger partial charge in [0, 0.05) is 5.56 Å².